The summed E-state index contributed by atoms with van der Waals surface area (Å²) in [5.74, 6) is 1.34. The molecule has 1 atom stereocenters. The summed E-state index contributed by atoms with van der Waals surface area (Å²) >= 11 is 1.56. The van der Waals surface area contributed by atoms with Crippen molar-refractivity contribution < 1.29 is 9.53 Å². The Hall–Kier alpha value is -1.01. The van der Waals surface area contributed by atoms with Gasteiger partial charge in [-0.3, -0.25) is 9.89 Å². The van der Waals surface area contributed by atoms with Crippen molar-refractivity contribution in [1.29, 1.82) is 0 Å². The Morgan fingerprint density at radius 2 is 2.56 bits per heavy atom. The van der Waals surface area contributed by atoms with Crippen molar-refractivity contribution in [3.63, 3.8) is 0 Å². The highest BCUT2D eigenvalue weighted by Gasteiger charge is 2.09. The molecule has 1 rings (SSSR count). The van der Waals surface area contributed by atoms with Crippen LogP contribution in [-0.2, 0) is 9.53 Å². The van der Waals surface area contributed by atoms with Crippen LogP contribution in [0.1, 0.15) is 18.5 Å². The lowest BCUT2D eigenvalue weighted by Crippen LogP contribution is -2.28. The number of nitrogens with zero attached hydrogens (tertiary/aromatic N) is 1. The third kappa shape index (κ3) is 4.67. The standard InChI is InChI=1S/C10H17N3O2S/c1-8(9-5-11-12-6-9)13-10(14)7-16-4-3-15-2/h5-6,8H,3-4,7H2,1-2H3,(H,11,12)(H,13,14). The molecule has 0 bridgehead atoms. The summed E-state index contributed by atoms with van der Waals surface area (Å²) in [6, 6.07) is -0.00530. The smallest absolute Gasteiger partial charge is 0.230 e. The number of amides is 1. The van der Waals surface area contributed by atoms with E-state index in [1.54, 1.807) is 31.3 Å². The van der Waals surface area contributed by atoms with Crippen LogP contribution < -0.4 is 5.32 Å². The highest BCUT2D eigenvalue weighted by Crippen LogP contribution is 2.09. The Kier molecular flexibility index (Phi) is 5.95. The van der Waals surface area contributed by atoms with Crippen LogP contribution in [0.25, 0.3) is 0 Å². The van der Waals surface area contributed by atoms with Gasteiger partial charge in [-0.1, -0.05) is 0 Å². The second-order valence-corrected chi connectivity index (χ2v) is 4.47. The number of methoxy groups -OCH3 is 1. The number of carbonyl (C=O) groups is 1. The molecule has 0 saturated heterocycles. The molecule has 0 saturated carbocycles. The van der Waals surface area contributed by atoms with Crippen LogP contribution in [0.4, 0.5) is 0 Å². The molecule has 0 aliphatic heterocycles. The van der Waals surface area contributed by atoms with Crippen LogP contribution in [0.5, 0.6) is 0 Å². The molecule has 90 valence electrons. The predicted octanol–water partition coefficient (Wildman–Crippen LogP) is 0.966. The molecule has 1 amide bonds. The summed E-state index contributed by atoms with van der Waals surface area (Å²) in [6.45, 7) is 2.61. The summed E-state index contributed by atoms with van der Waals surface area (Å²) < 4.78 is 4.90. The zero-order valence-electron chi connectivity index (χ0n) is 9.53. The Morgan fingerprint density at radius 3 is 3.19 bits per heavy atom. The summed E-state index contributed by atoms with van der Waals surface area (Å²) in [5, 5.41) is 9.46. The number of hydrogen-bond acceptors (Lipinski definition) is 4. The number of hydrogen-bond donors (Lipinski definition) is 2. The first kappa shape index (κ1) is 13.1. The molecular formula is C10H17N3O2S. The quantitative estimate of drug-likeness (QED) is 0.700. The maximum absolute atomic E-state index is 11.5. The lowest BCUT2D eigenvalue weighted by atomic mass is 10.2. The summed E-state index contributed by atoms with van der Waals surface area (Å²) in [7, 11) is 1.65. The minimum Gasteiger partial charge on any atom is -0.384 e. The van der Waals surface area contributed by atoms with Crippen molar-refractivity contribution in [2.45, 2.75) is 13.0 Å². The zero-order chi connectivity index (χ0) is 11.8. The SMILES string of the molecule is COCCSCC(=O)NC(C)c1cn[nH]c1. The van der Waals surface area contributed by atoms with Crippen molar-refractivity contribution in [3.05, 3.63) is 18.0 Å². The van der Waals surface area contributed by atoms with Crippen LogP contribution >= 0.6 is 11.8 Å². The van der Waals surface area contributed by atoms with Crippen molar-refractivity contribution in [2.75, 3.05) is 25.2 Å². The van der Waals surface area contributed by atoms with Gasteiger partial charge in [0, 0.05) is 24.6 Å². The van der Waals surface area contributed by atoms with Gasteiger partial charge < -0.3 is 10.1 Å². The van der Waals surface area contributed by atoms with E-state index in [9.17, 15) is 4.79 Å². The van der Waals surface area contributed by atoms with Crippen LogP contribution in [-0.4, -0.2) is 41.3 Å². The minimum atomic E-state index is -0.00530. The Balaban J connectivity index is 2.19. The fourth-order valence-electron chi connectivity index (χ4n) is 1.17. The molecule has 0 radical (unpaired) electrons. The molecule has 1 heterocycles. The second kappa shape index (κ2) is 7.29. The van der Waals surface area contributed by atoms with Crippen LogP contribution in [0.3, 0.4) is 0 Å². The lowest BCUT2D eigenvalue weighted by Gasteiger charge is -2.11. The Labute approximate surface area is 99.3 Å². The van der Waals surface area contributed by atoms with E-state index in [1.807, 2.05) is 6.92 Å². The number of H-pyrrole nitrogens is 1. The molecule has 0 spiro atoms. The summed E-state index contributed by atoms with van der Waals surface area (Å²) in [6.07, 6.45) is 3.49. The first-order valence-corrected chi connectivity index (χ1v) is 6.24. The normalized spacial score (nSPS) is 12.4. The maximum Gasteiger partial charge on any atom is 0.230 e. The van der Waals surface area contributed by atoms with E-state index in [0.29, 0.717) is 12.4 Å². The van der Waals surface area contributed by atoms with Gasteiger partial charge in [-0.15, -0.1) is 11.8 Å². The Bertz CT molecular complexity index is 303. The van der Waals surface area contributed by atoms with E-state index in [4.69, 9.17) is 4.74 Å². The first-order chi connectivity index (χ1) is 7.74. The average Bonchev–Trinajstić information content (AvgIpc) is 2.77. The molecule has 16 heavy (non-hydrogen) atoms. The van der Waals surface area contributed by atoms with Crippen LogP contribution in [0, 0.1) is 0 Å². The number of thioether (sulfide) groups is 1. The highest BCUT2D eigenvalue weighted by atomic mass is 32.2. The van der Waals surface area contributed by atoms with Crippen LogP contribution in [0.15, 0.2) is 12.4 Å². The summed E-state index contributed by atoms with van der Waals surface area (Å²) in [5.41, 5.74) is 0.982. The molecule has 1 aromatic heterocycles. The summed E-state index contributed by atoms with van der Waals surface area (Å²) in [4.78, 5) is 11.5. The number of nitrogens with one attached hydrogen (secondary N) is 2. The Morgan fingerprint density at radius 1 is 1.75 bits per heavy atom. The van der Waals surface area contributed by atoms with Gasteiger partial charge in [-0.2, -0.15) is 5.10 Å². The molecule has 1 aromatic rings. The fourth-order valence-corrected chi connectivity index (χ4v) is 1.87. The third-order valence-electron chi connectivity index (χ3n) is 2.06. The number of aromatic amines is 1. The molecule has 0 fully saturated rings. The molecule has 2 N–H and O–H groups in total. The van der Waals surface area contributed by atoms with Gasteiger partial charge in [0.1, 0.15) is 0 Å². The van der Waals surface area contributed by atoms with Gasteiger partial charge in [0.15, 0.2) is 0 Å². The predicted molar refractivity (Wildman–Crippen MR) is 64.3 cm³/mol. The van der Waals surface area contributed by atoms with E-state index >= 15 is 0 Å². The minimum absolute atomic E-state index is 0.00530. The van der Waals surface area contributed by atoms with Gasteiger partial charge >= 0.3 is 0 Å². The molecule has 0 aromatic carbocycles. The van der Waals surface area contributed by atoms with Crippen molar-refractivity contribution >= 4 is 17.7 Å². The molecule has 6 heteroatoms. The van der Waals surface area contributed by atoms with Gasteiger partial charge in [-0.05, 0) is 6.92 Å². The topological polar surface area (TPSA) is 67.0 Å². The third-order valence-corrected chi connectivity index (χ3v) is 2.98. The van der Waals surface area contributed by atoms with E-state index in [0.717, 1.165) is 11.3 Å². The zero-order valence-corrected chi connectivity index (χ0v) is 10.3. The van der Waals surface area contributed by atoms with Crippen LogP contribution in [0.2, 0.25) is 0 Å². The molecule has 0 aliphatic rings. The van der Waals surface area contributed by atoms with E-state index < -0.39 is 0 Å². The molecule has 1 unspecified atom stereocenters. The van der Waals surface area contributed by atoms with E-state index in [-0.39, 0.29) is 11.9 Å². The fraction of sp³-hybridized carbons (Fsp3) is 0.600. The van der Waals surface area contributed by atoms with Gasteiger partial charge in [0.05, 0.1) is 24.6 Å². The lowest BCUT2D eigenvalue weighted by molar-refractivity contribution is -0.119. The van der Waals surface area contributed by atoms with Crippen molar-refractivity contribution in [1.82, 2.24) is 15.5 Å². The molecule has 5 nitrogen and oxygen atoms in total. The van der Waals surface area contributed by atoms with Crippen molar-refractivity contribution in [3.8, 4) is 0 Å². The monoisotopic (exact) mass is 243 g/mol. The van der Waals surface area contributed by atoms with E-state index in [1.165, 1.54) is 0 Å². The number of aromatic nitrogens is 2. The molecule has 0 aliphatic carbocycles. The number of rotatable bonds is 7. The van der Waals surface area contributed by atoms with Gasteiger partial charge in [-0.25, -0.2) is 0 Å². The largest absolute Gasteiger partial charge is 0.384 e. The van der Waals surface area contributed by atoms with E-state index in [2.05, 4.69) is 15.5 Å². The molecular weight excluding hydrogens is 226 g/mol. The highest BCUT2D eigenvalue weighted by molar-refractivity contribution is 7.99. The number of carbonyl (C=O) groups excluding carboxylic acids is 1. The first-order valence-electron chi connectivity index (χ1n) is 5.08. The second-order valence-electron chi connectivity index (χ2n) is 3.37. The average molecular weight is 243 g/mol. The van der Waals surface area contributed by atoms with Gasteiger partial charge in [0.25, 0.3) is 0 Å². The van der Waals surface area contributed by atoms with Gasteiger partial charge in [0.2, 0.25) is 5.91 Å². The number of ether oxygens (including phenoxy) is 1. The van der Waals surface area contributed by atoms with Crippen molar-refractivity contribution in [2.24, 2.45) is 0 Å². The maximum atomic E-state index is 11.5.